The van der Waals surface area contributed by atoms with E-state index in [-0.39, 0.29) is 22.9 Å². The summed E-state index contributed by atoms with van der Waals surface area (Å²) in [7, 11) is 1.38. The average molecular weight is 284 g/mol. The van der Waals surface area contributed by atoms with Crippen LogP contribution in [0.25, 0.3) is 11.3 Å². The molecule has 2 rings (SSSR count). The van der Waals surface area contributed by atoms with Gasteiger partial charge in [-0.25, -0.2) is 4.98 Å². The third-order valence-electron chi connectivity index (χ3n) is 2.47. The first-order valence-electron chi connectivity index (χ1n) is 5.56. The Kier molecular flexibility index (Phi) is 3.69. The van der Waals surface area contributed by atoms with Gasteiger partial charge in [0.05, 0.1) is 18.5 Å². The van der Waals surface area contributed by atoms with Gasteiger partial charge in [-0.15, -0.1) is 13.2 Å². The van der Waals surface area contributed by atoms with Crippen molar-refractivity contribution in [1.29, 1.82) is 0 Å². The highest BCUT2D eigenvalue weighted by Gasteiger charge is 2.32. The molecule has 0 aliphatic carbocycles. The summed E-state index contributed by atoms with van der Waals surface area (Å²) in [5.41, 5.74) is 6.39. The fourth-order valence-corrected chi connectivity index (χ4v) is 1.66. The first-order valence-corrected chi connectivity index (χ1v) is 5.56. The number of hydrogen-bond donors (Lipinski definition) is 1. The monoisotopic (exact) mass is 284 g/mol. The van der Waals surface area contributed by atoms with Crippen molar-refractivity contribution in [3.8, 4) is 22.9 Å². The van der Waals surface area contributed by atoms with Gasteiger partial charge in [0.2, 0.25) is 5.88 Å². The Bertz CT molecular complexity index is 615. The van der Waals surface area contributed by atoms with Crippen molar-refractivity contribution < 1.29 is 22.6 Å². The number of hydrogen-bond acceptors (Lipinski definition) is 4. The molecule has 0 unspecified atom stereocenters. The molecule has 0 saturated heterocycles. The Labute approximate surface area is 113 Å². The second-order valence-electron chi connectivity index (χ2n) is 3.84. The Morgan fingerprint density at radius 2 is 1.80 bits per heavy atom. The van der Waals surface area contributed by atoms with Gasteiger partial charge in [-0.1, -0.05) is 12.1 Å². The third kappa shape index (κ3) is 3.11. The van der Waals surface area contributed by atoms with Crippen LogP contribution in [0, 0.1) is 0 Å². The number of nitrogens with zero attached hydrogens (tertiary/aromatic N) is 1. The van der Waals surface area contributed by atoms with Crippen LogP contribution in [0.3, 0.4) is 0 Å². The van der Waals surface area contributed by atoms with Crippen molar-refractivity contribution >= 4 is 5.69 Å². The van der Waals surface area contributed by atoms with Crippen LogP contribution < -0.4 is 15.2 Å². The van der Waals surface area contributed by atoms with Gasteiger partial charge in [-0.2, -0.15) is 0 Å². The molecule has 4 nitrogen and oxygen atoms in total. The summed E-state index contributed by atoms with van der Waals surface area (Å²) in [5, 5.41) is 0. The minimum Gasteiger partial charge on any atom is -0.480 e. The minimum absolute atomic E-state index is 0.143. The molecular weight excluding hydrogens is 273 g/mol. The zero-order valence-electron chi connectivity index (χ0n) is 10.4. The molecule has 0 aliphatic rings. The lowest BCUT2D eigenvalue weighted by Gasteiger charge is -2.13. The number of para-hydroxylation sites is 1. The number of rotatable bonds is 3. The predicted octanol–water partition coefficient (Wildman–Crippen LogP) is 3.24. The van der Waals surface area contributed by atoms with E-state index >= 15 is 0 Å². The standard InChI is InChI=1S/C13H11F3N2O2/c1-19-12-9(17)6-7-10(18-12)8-4-2-3-5-11(8)20-13(14,15)16/h2-7H,17H2,1H3. The van der Waals surface area contributed by atoms with Gasteiger partial charge in [0.15, 0.2) is 0 Å². The number of pyridine rings is 1. The van der Waals surface area contributed by atoms with Gasteiger partial charge < -0.3 is 15.2 Å². The number of halogens is 3. The van der Waals surface area contributed by atoms with Crippen LogP contribution in [0.1, 0.15) is 0 Å². The van der Waals surface area contributed by atoms with E-state index in [1.807, 2.05) is 0 Å². The normalized spacial score (nSPS) is 11.2. The molecule has 106 valence electrons. The number of nitrogen functional groups attached to an aromatic ring is 1. The summed E-state index contributed by atoms with van der Waals surface area (Å²) in [6.45, 7) is 0. The largest absolute Gasteiger partial charge is 0.573 e. The van der Waals surface area contributed by atoms with E-state index in [1.54, 1.807) is 6.07 Å². The summed E-state index contributed by atoms with van der Waals surface area (Å²) in [5.74, 6) is -0.191. The van der Waals surface area contributed by atoms with Gasteiger partial charge in [0.1, 0.15) is 5.75 Å². The molecular formula is C13H11F3N2O2. The van der Waals surface area contributed by atoms with Gasteiger partial charge in [0.25, 0.3) is 0 Å². The maximum Gasteiger partial charge on any atom is 0.573 e. The van der Waals surface area contributed by atoms with E-state index < -0.39 is 6.36 Å². The summed E-state index contributed by atoms with van der Waals surface area (Å²) in [6.07, 6.45) is -4.77. The average Bonchev–Trinajstić information content (AvgIpc) is 2.38. The van der Waals surface area contributed by atoms with Crippen LogP contribution in [0.15, 0.2) is 36.4 Å². The zero-order chi connectivity index (χ0) is 14.8. The van der Waals surface area contributed by atoms with Crippen LogP contribution in [0.2, 0.25) is 0 Å². The maximum atomic E-state index is 12.4. The molecule has 1 aromatic heterocycles. The predicted molar refractivity (Wildman–Crippen MR) is 67.3 cm³/mol. The lowest BCUT2D eigenvalue weighted by Crippen LogP contribution is -2.17. The Balaban J connectivity index is 2.47. The van der Waals surface area contributed by atoms with E-state index in [0.717, 1.165) is 0 Å². The van der Waals surface area contributed by atoms with E-state index in [0.29, 0.717) is 5.69 Å². The molecule has 1 heterocycles. The summed E-state index contributed by atoms with van der Waals surface area (Å²) >= 11 is 0. The fraction of sp³-hybridized carbons (Fsp3) is 0.154. The number of methoxy groups -OCH3 is 1. The quantitative estimate of drug-likeness (QED) is 0.940. The number of benzene rings is 1. The van der Waals surface area contributed by atoms with Crippen molar-refractivity contribution in [2.75, 3.05) is 12.8 Å². The van der Waals surface area contributed by atoms with Crippen LogP contribution in [0.4, 0.5) is 18.9 Å². The second-order valence-corrected chi connectivity index (χ2v) is 3.84. The fourth-order valence-electron chi connectivity index (χ4n) is 1.66. The lowest BCUT2D eigenvalue weighted by atomic mass is 10.1. The van der Waals surface area contributed by atoms with Crippen LogP contribution in [-0.2, 0) is 0 Å². The number of ether oxygens (including phenoxy) is 2. The minimum atomic E-state index is -4.77. The van der Waals surface area contributed by atoms with Gasteiger partial charge in [-0.05, 0) is 24.3 Å². The lowest BCUT2D eigenvalue weighted by molar-refractivity contribution is -0.274. The molecule has 2 aromatic rings. The van der Waals surface area contributed by atoms with Crippen molar-refractivity contribution in [3.05, 3.63) is 36.4 Å². The second kappa shape index (κ2) is 5.28. The Morgan fingerprint density at radius 3 is 2.45 bits per heavy atom. The van der Waals surface area contributed by atoms with Gasteiger partial charge in [-0.3, -0.25) is 0 Å². The molecule has 20 heavy (non-hydrogen) atoms. The maximum absolute atomic E-state index is 12.4. The number of nitrogens with two attached hydrogens (primary N) is 1. The Morgan fingerprint density at radius 1 is 1.10 bits per heavy atom. The molecule has 7 heteroatoms. The van der Waals surface area contributed by atoms with Crippen molar-refractivity contribution in [1.82, 2.24) is 4.98 Å². The molecule has 0 bridgehead atoms. The van der Waals surface area contributed by atoms with E-state index in [9.17, 15) is 13.2 Å². The third-order valence-corrected chi connectivity index (χ3v) is 2.47. The number of anilines is 1. The summed E-state index contributed by atoms with van der Waals surface area (Å²) in [4.78, 5) is 4.06. The number of alkyl halides is 3. The molecule has 0 radical (unpaired) electrons. The van der Waals surface area contributed by atoms with Crippen molar-refractivity contribution in [2.45, 2.75) is 6.36 Å². The molecule has 1 aromatic carbocycles. The first-order chi connectivity index (χ1) is 9.40. The first kappa shape index (κ1) is 14.0. The molecule has 0 atom stereocenters. The van der Waals surface area contributed by atoms with Crippen LogP contribution >= 0.6 is 0 Å². The molecule has 2 N–H and O–H groups in total. The number of aromatic nitrogens is 1. The van der Waals surface area contributed by atoms with E-state index in [2.05, 4.69) is 9.72 Å². The molecule has 0 spiro atoms. The van der Waals surface area contributed by atoms with Crippen LogP contribution in [-0.4, -0.2) is 18.5 Å². The molecule has 0 saturated carbocycles. The highest BCUT2D eigenvalue weighted by atomic mass is 19.4. The van der Waals surface area contributed by atoms with Crippen molar-refractivity contribution in [3.63, 3.8) is 0 Å². The van der Waals surface area contributed by atoms with E-state index in [4.69, 9.17) is 10.5 Å². The highest BCUT2D eigenvalue weighted by molar-refractivity contribution is 5.69. The zero-order valence-corrected chi connectivity index (χ0v) is 10.4. The summed E-state index contributed by atoms with van der Waals surface area (Å²) < 4.78 is 46.0. The molecule has 0 amide bonds. The Hall–Kier alpha value is -2.44. The van der Waals surface area contributed by atoms with Gasteiger partial charge >= 0.3 is 6.36 Å². The summed E-state index contributed by atoms with van der Waals surface area (Å²) in [6, 6.07) is 8.72. The highest BCUT2D eigenvalue weighted by Crippen LogP contribution is 2.34. The van der Waals surface area contributed by atoms with Crippen LogP contribution in [0.5, 0.6) is 11.6 Å². The molecule has 0 aliphatic heterocycles. The molecule has 0 fully saturated rings. The smallest absolute Gasteiger partial charge is 0.480 e. The van der Waals surface area contributed by atoms with Gasteiger partial charge in [0, 0.05) is 5.56 Å². The topological polar surface area (TPSA) is 57.4 Å². The van der Waals surface area contributed by atoms with E-state index in [1.165, 1.54) is 37.4 Å². The SMILES string of the molecule is COc1nc(-c2ccccc2OC(F)(F)F)ccc1N. The van der Waals surface area contributed by atoms with Crippen molar-refractivity contribution in [2.24, 2.45) is 0 Å².